The highest BCUT2D eigenvalue weighted by atomic mass is 127. The van der Waals surface area contributed by atoms with Gasteiger partial charge in [-0.05, 0) is 43.9 Å². The normalized spacial score (nSPS) is 11.6. The molecule has 1 aromatic carbocycles. The van der Waals surface area contributed by atoms with Crippen molar-refractivity contribution in [1.82, 2.24) is 10.2 Å². The maximum atomic E-state index is 11.2. The van der Waals surface area contributed by atoms with Gasteiger partial charge < -0.3 is 10.2 Å². The molecule has 0 atom stereocenters. The van der Waals surface area contributed by atoms with Crippen LogP contribution in [0.2, 0.25) is 0 Å². The molecular formula is C17H29IN4O2S. The molecule has 142 valence electrons. The summed E-state index contributed by atoms with van der Waals surface area (Å²) in [6.07, 6.45) is 4.68. The summed E-state index contributed by atoms with van der Waals surface area (Å²) in [5, 5.41) is 8.37. The highest BCUT2D eigenvalue weighted by Crippen LogP contribution is 2.09. The molecule has 0 fully saturated rings. The van der Waals surface area contributed by atoms with E-state index in [0.717, 1.165) is 43.9 Å². The van der Waals surface area contributed by atoms with Gasteiger partial charge in [0.15, 0.2) is 5.96 Å². The fraction of sp³-hybridized carbons (Fsp3) is 0.471. The Bertz CT molecular complexity index is 645. The maximum Gasteiger partial charge on any atom is 0.238 e. The monoisotopic (exact) mass is 480 g/mol. The van der Waals surface area contributed by atoms with E-state index in [1.54, 1.807) is 12.1 Å². The minimum atomic E-state index is -3.63. The first kappa shape index (κ1) is 23.9. The lowest BCUT2D eigenvalue weighted by atomic mass is 10.1. The van der Waals surface area contributed by atoms with Crippen molar-refractivity contribution >= 4 is 40.0 Å². The van der Waals surface area contributed by atoms with E-state index in [1.807, 2.05) is 20.0 Å². The number of aliphatic imine (C=N–C) groups is 1. The van der Waals surface area contributed by atoms with Crippen molar-refractivity contribution < 1.29 is 8.42 Å². The predicted octanol–water partition coefficient (Wildman–Crippen LogP) is 2.36. The second kappa shape index (κ2) is 12.3. The summed E-state index contributed by atoms with van der Waals surface area (Å²) in [6, 6.07) is 6.61. The third-order valence-corrected chi connectivity index (χ3v) is 4.44. The Morgan fingerprint density at radius 1 is 1.36 bits per heavy atom. The van der Waals surface area contributed by atoms with Gasteiger partial charge >= 0.3 is 0 Å². The molecule has 1 aromatic rings. The summed E-state index contributed by atoms with van der Waals surface area (Å²) in [5.41, 5.74) is 1.02. The summed E-state index contributed by atoms with van der Waals surface area (Å²) in [4.78, 5) is 6.86. The van der Waals surface area contributed by atoms with Crippen LogP contribution in [0.5, 0.6) is 0 Å². The molecule has 0 aliphatic carbocycles. The lowest BCUT2D eigenvalue weighted by molar-refractivity contribution is 0.470. The van der Waals surface area contributed by atoms with Gasteiger partial charge in [0.1, 0.15) is 0 Å². The van der Waals surface area contributed by atoms with E-state index in [4.69, 9.17) is 5.14 Å². The van der Waals surface area contributed by atoms with Crippen LogP contribution in [0.15, 0.2) is 46.8 Å². The molecule has 8 heteroatoms. The SMILES string of the molecule is C=CCCCN(C)C(=NCCc1ccc(S(N)(=O)=O)cc1)NCC.I. The van der Waals surface area contributed by atoms with Gasteiger partial charge in [-0.3, -0.25) is 4.99 Å². The number of primary sulfonamides is 1. The summed E-state index contributed by atoms with van der Waals surface area (Å²) in [7, 11) is -1.62. The summed E-state index contributed by atoms with van der Waals surface area (Å²) in [5.74, 6) is 0.878. The number of halogens is 1. The Labute approximate surface area is 168 Å². The first-order valence-electron chi connectivity index (χ1n) is 8.10. The Morgan fingerprint density at radius 3 is 2.52 bits per heavy atom. The number of guanidine groups is 1. The molecule has 0 saturated carbocycles. The Kier molecular flexibility index (Phi) is 11.7. The third kappa shape index (κ3) is 9.22. The van der Waals surface area contributed by atoms with Crippen molar-refractivity contribution in [1.29, 1.82) is 0 Å². The van der Waals surface area contributed by atoms with E-state index in [0.29, 0.717) is 6.54 Å². The lowest BCUT2D eigenvalue weighted by Crippen LogP contribution is -2.39. The van der Waals surface area contributed by atoms with Crippen molar-refractivity contribution in [2.45, 2.75) is 31.1 Å². The number of allylic oxidation sites excluding steroid dienone is 1. The van der Waals surface area contributed by atoms with Crippen molar-refractivity contribution in [2.75, 3.05) is 26.7 Å². The second-order valence-electron chi connectivity index (χ2n) is 5.53. The Morgan fingerprint density at radius 2 is 2.00 bits per heavy atom. The Hall–Kier alpha value is -1.13. The number of unbranched alkanes of at least 4 members (excludes halogenated alkanes) is 1. The molecule has 0 bridgehead atoms. The van der Waals surface area contributed by atoms with Crippen LogP contribution in [-0.4, -0.2) is 46.0 Å². The molecule has 0 unspecified atom stereocenters. The number of hydrogen-bond donors (Lipinski definition) is 2. The van der Waals surface area contributed by atoms with Crippen LogP contribution in [0.3, 0.4) is 0 Å². The molecule has 0 saturated heterocycles. The average Bonchev–Trinajstić information content (AvgIpc) is 2.54. The fourth-order valence-electron chi connectivity index (χ4n) is 2.19. The van der Waals surface area contributed by atoms with Crippen molar-refractivity contribution in [3.05, 3.63) is 42.5 Å². The molecule has 0 radical (unpaired) electrons. The van der Waals surface area contributed by atoms with E-state index >= 15 is 0 Å². The van der Waals surface area contributed by atoms with Crippen molar-refractivity contribution in [2.24, 2.45) is 10.1 Å². The van der Waals surface area contributed by atoms with Gasteiger partial charge in [-0.15, -0.1) is 30.6 Å². The fourth-order valence-corrected chi connectivity index (χ4v) is 2.70. The van der Waals surface area contributed by atoms with Crippen molar-refractivity contribution in [3.63, 3.8) is 0 Å². The number of benzene rings is 1. The summed E-state index contributed by atoms with van der Waals surface area (Å²) >= 11 is 0. The summed E-state index contributed by atoms with van der Waals surface area (Å²) in [6.45, 7) is 8.13. The van der Waals surface area contributed by atoms with Gasteiger partial charge in [0.2, 0.25) is 10.0 Å². The standard InChI is InChI=1S/C17H28N4O2S.HI/c1-4-6-7-14-21(3)17(19-5-2)20-13-12-15-8-10-16(11-9-15)24(18,22)23;/h4,8-11H,1,5-7,12-14H2,2-3H3,(H,19,20)(H2,18,22,23);1H. The van der Waals surface area contributed by atoms with Gasteiger partial charge in [0, 0.05) is 26.7 Å². The molecule has 25 heavy (non-hydrogen) atoms. The first-order chi connectivity index (χ1) is 11.4. The highest BCUT2D eigenvalue weighted by Gasteiger charge is 2.07. The van der Waals surface area contributed by atoms with Crippen LogP contribution in [0.25, 0.3) is 0 Å². The molecule has 0 amide bonds. The molecule has 0 heterocycles. The van der Waals surface area contributed by atoms with Crippen LogP contribution in [0, 0.1) is 0 Å². The van der Waals surface area contributed by atoms with E-state index in [1.165, 1.54) is 12.1 Å². The third-order valence-electron chi connectivity index (χ3n) is 3.51. The van der Waals surface area contributed by atoms with Crippen LogP contribution in [0.1, 0.15) is 25.3 Å². The molecule has 6 nitrogen and oxygen atoms in total. The maximum absolute atomic E-state index is 11.2. The zero-order chi connectivity index (χ0) is 18.0. The van der Waals surface area contributed by atoms with E-state index < -0.39 is 10.0 Å². The number of sulfonamides is 1. The van der Waals surface area contributed by atoms with E-state index in [-0.39, 0.29) is 28.9 Å². The topological polar surface area (TPSA) is 87.8 Å². The highest BCUT2D eigenvalue weighted by molar-refractivity contribution is 14.0. The predicted molar refractivity (Wildman–Crippen MR) is 115 cm³/mol. The zero-order valence-corrected chi connectivity index (χ0v) is 18.1. The van der Waals surface area contributed by atoms with Crippen LogP contribution < -0.4 is 10.5 Å². The number of nitrogens with two attached hydrogens (primary N) is 1. The minimum Gasteiger partial charge on any atom is -0.357 e. The zero-order valence-electron chi connectivity index (χ0n) is 14.9. The smallest absolute Gasteiger partial charge is 0.238 e. The van der Waals surface area contributed by atoms with Gasteiger partial charge in [-0.1, -0.05) is 18.2 Å². The number of rotatable bonds is 9. The van der Waals surface area contributed by atoms with Crippen molar-refractivity contribution in [3.8, 4) is 0 Å². The molecular weight excluding hydrogens is 451 g/mol. The molecule has 0 spiro atoms. The first-order valence-corrected chi connectivity index (χ1v) is 9.65. The van der Waals surface area contributed by atoms with Gasteiger partial charge in [-0.25, -0.2) is 13.6 Å². The number of nitrogens with zero attached hydrogens (tertiary/aromatic N) is 2. The van der Waals surface area contributed by atoms with Crippen LogP contribution in [0.4, 0.5) is 0 Å². The quantitative estimate of drug-likeness (QED) is 0.187. The average molecular weight is 480 g/mol. The molecule has 0 aliphatic rings. The van der Waals surface area contributed by atoms with Crippen LogP contribution in [-0.2, 0) is 16.4 Å². The van der Waals surface area contributed by atoms with E-state index in [9.17, 15) is 8.42 Å². The molecule has 3 N–H and O–H groups in total. The number of nitrogens with one attached hydrogen (secondary N) is 1. The van der Waals surface area contributed by atoms with Crippen LogP contribution >= 0.6 is 24.0 Å². The lowest BCUT2D eigenvalue weighted by Gasteiger charge is -2.21. The largest absolute Gasteiger partial charge is 0.357 e. The second-order valence-corrected chi connectivity index (χ2v) is 7.09. The molecule has 1 rings (SSSR count). The Balaban J connectivity index is 0.00000576. The van der Waals surface area contributed by atoms with E-state index in [2.05, 4.69) is 21.8 Å². The molecule has 0 aromatic heterocycles. The van der Waals surface area contributed by atoms with Gasteiger partial charge in [-0.2, -0.15) is 0 Å². The number of hydrogen-bond acceptors (Lipinski definition) is 3. The summed E-state index contributed by atoms with van der Waals surface area (Å²) < 4.78 is 22.5. The van der Waals surface area contributed by atoms with Gasteiger partial charge in [0.05, 0.1) is 4.90 Å². The minimum absolute atomic E-state index is 0. The van der Waals surface area contributed by atoms with Gasteiger partial charge in [0.25, 0.3) is 0 Å². The molecule has 0 aliphatic heterocycles.